The van der Waals surface area contributed by atoms with Crippen LogP contribution >= 0.6 is 11.6 Å². The molecule has 0 N–H and O–H groups in total. The van der Waals surface area contributed by atoms with Crippen molar-refractivity contribution in [2.24, 2.45) is 0 Å². The summed E-state index contributed by atoms with van der Waals surface area (Å²) in [4.78, 5) is 36.9. The minimum Gasteiger partial charge on any atom is -0.489 e. The van der Waals surface area contributed by atoms with Crippen LogP contribution in [0.4, 0.5) is 22.4 Å². The van der Waals surface area contributed by atoms with Gasteiger partial charge in [-0.15, -0.1) is 0 Å². The van der Waals surface area contributed by atoms with Crippen molar-refractivity contribution >= 4 is 17.7 Å². The Hall–Kier alpha value is -2.82. The van der Waals surface area contributed by atoms with Crippen molar-refractivity contribution in [2.45, 2.75) is 33.1 Å². The molecule has 0 unspecified atom stereocenters. The van der Waals surface area contributed by atoms with E-state index in [0.717, 1.165) is 12.1 Å². The Morgan fingerprint density at radius 1 is 1.21 bits per heavy atom. The lowest BCUT2D eigenvalue weighted by atomic mass is 10.2. The number of hydrogen-bond donors (Lipinski definition) is 0. The number of rotatable bonds is 4. The number of alkyl halides is 3. The van der Waals surface area contributed by atoms with Gasteiger partial charge in [0.1, 0.15) is 17.3 Å². The van der Waals surface area contributed by atoms with E-state index in [2.05, 4.69) is 4.74 Å². The first-order chi connectivity index (χ1) is 13.4. The molecule has 0 spiro atoms. The lowest BCUT2D eigenvalue weighted by molar-refractivity contribution is -0.143. The van der Waals surface area contributed by atoms with E-state index in [4.69, 9.17) is 16.3 Å². The van der Waals surface area contributed by atoms with Crippen LogP contribution in [0, 0.1) is 5.82 Å². The molecule has 7 nitrogen and oxygen atoms in total. The first-order valence-corrected chi connectivity index (χ1v) is 8.55. The molecule has 29 heavy (non-hydrogen) atoms. The molecular weight excluding hydrogens is 424 g/mol. The fourth-order valence-electron chi connectivity index (χ4n) is 2.37. The summed E-state index contributed by atoms with van der Waals surface area (Å²) in [5.74, 6) is -1.31. The third kappa shape index (κ3) is 4.61. The maximum Gasteiger partial charge on any atom is 0.432 e. The highest BCUT2D eigenvalue weighted by atomic mass is 35.5. The maximum absolute atomic E-state index is 14.4. The molecule has 158 valence electrons. The molecule has 1 aromatic carbocycles. The van der Waals surface area contributed by atoms with Crippen molar-refractivity contribution in [2.75, 3.05) is 6.61 Å². The molecule has 0 aliphatic carbocycles. The van der Waals surface area contributed by atoms with E-state index in [9.17, 15) is 31.9 Å². The first-order valence-electron chi connectivity index (χ1n) is 8.18. The van der Waals surface area contributed by atoms with Crippen molar-refractivity contribution in [1.29, 1.82) is 0 Å². The fourth-order valence-corrected chi connectivity index (χ4v) is 2.57. The summed E-state index contributed by atoms with van der Waals surface area (Å²) in [5, 5.41) is -0.189. The van der Waals surface area contributed by atoms with Crippen LogP contribution in [0.5, 0.6) is 5.75 Å². The van der Waals surface area contributed by atoms with Crippen LogP contribution in [0.15, 0.2) is 27.8 Å². The summed E-state index contributed by atoms with van der Waals surface area (Å²) < 4.78 is 63.7. The van der Waals surface area contributed by atoms with Gasteiger partial charge in [-0.3, -0.25) is 4.79 Å². The minimum absolute atomic E-state index is 0.00462. The topological polar surface area (TPSA) is 79.5 Å². The van der Waals surface area contributed by atoms with E-state index < -0.39 is 46.8 Å². The number of benzene rings is 1. The Bertz CT molecular complexity index is 1060. The molecule has 0 aliphatic heterocycles. The second-order valence-electron chi connectivity index (χ2n) is 5.92. The van der Waals surface area contributed by atoms with Crippen LogP contribution in [0.25, 0.3) is 5.69 Å². The van der Waals surface area contributed by atoms with Crippen LogP contribution in [0.2, 0.25) is 5.02 Å². The van der Waals surface area contributed by atoms with Crippen molar-refractivity contribution in [3.63, 3.8) is 0 Å². The minimum atomic E-state index is -5.23. The number of nitrogens with zero attached hydrogens (tertiary/aromatic N) is 2. The van der Waals surface area contributed by atoms with E-state index in [1.807, 2.05) is 0 Å². The highest BCUT2D eigenvalue weighted by Gasteiger charge is 2.38. The first kappa shape index (κ1) is 22.5. The second-order valence-corrected chi connectivity index (χ2v) is 6.33. The SMILES string of the molecule is CCOC(=O)n1c(C(F)(F)F)cc(=O)n(-c2cc(OC(C)C)c(Cl)cc2F)c1=O. The normalized spacial score (nSPS) is 11.6. The molecule has 0 bridgehead atoms. The van der Waals surface area contributed by atoms with Gasteiger partial charge in [-0.1, -0.05) is 11.6 Å². The van der Waals surface area contributed by atoms with Gasteiger partial charge in [0.25, 0.3) is 5.56 Å². The van der Waals surface area contributed by atoms with E-state index in [1.165, 1.54) is 6.92 Å². The molecule has 1 aromatic heterocycles. The number of halogens is 5. The largest absolute Gasteiger partial charge is 0.489 e. The smallest absolute Gasteiger partial charge is 0.432 e. The Morgan fingerprint density at radius 3 is 2.34 bits per heavy atom. The quantitative estimate of drug-likeness (QED) is 0.681. The Balaban J connectivity index is 2.88. The summed E-state index contributed by atoms with van der Waals surface area (Å²) >= 11 is 5.86. The zero-order valence-corrected chi connectivity index (χ0v) is 16.1. The van der Waals surface area contributed by atoms with E-state index in [-0.39, 0.29) is 32.6 Å². The molecule has 0 saturated heterocycles. The number of hydrogen-bond acceptors (Lipinski definition) is 5. The molecule has 2 rings (SSSR count). The van der Waals surface area contributed by atoms with E-state index in [1.54, 1.807) is 13.8 Å². The number of ether oxygens (including phenoxy) is 2. The van der Waals surface area contributed by atoms with Crippen LogP contribution in [-0.2, 0) is 10.9 Å². The number of aromatic nitrogens is 2. The summed E-state index contributed by atoms with van der Waals surface area (Å²) in [5.41, 5.74) is -5.87. The predicted octanol–water partition coefficient (Wildman–Crippen LogP) is 3.60. The molecule has 0 fully saturated rings. The lowest BCUT2D eigenvalue weighted by Gasteiger charge is -2.17. The molecule has 2 aromatic rings. The van der Waals surface area contributed by atoms with Crippen LogP contribution in [-0.4, -0.2) is 27.9 Å². The molecule has 0 amide bonds. The fraction of sp³-hybridized carbons (Fsp3) is 0.353. The molecular formula is C17H15ClF4N2O5. The van der Waals surface area contributed by atoms with Gasteiger partial charge in [0.15, 0.2) is 0 Å². The van der Waals surface area contributed by atoms with Crippen molar-refractivity contribution in [3.05, 3.63) is 55.6 Å². The van der Waals surface area contributed by atoms with Crippen LogP contribution < -0.4 is 16.0 Å². The van der Waals surface area contributed by atoms with Crippen LogP contribution in [0.1, 0.15) is 26.5 Å². The average Bonchev–Trinajstić information content (AvgIpc) is 2.57. The molecule has 0 saturated carbocycles. The Kier molecular flexibility index (Phi) is 6.41. The van der Waals surface area contributed by atoms with Crippen molar-refractivity contribution < 1.29 is 31.8 Å². The van der Waals surface area contributed by atoms with Gasteiger partial charge in [-0.2, -0.15) is 17.7 Å². The third-order valence-electron chi connectivity index (χ3n) is 3.45. The predicted molar refractivity (Wildman–Crippen MR) is 94.5 cm³/mol. The molecule has 0 aliphatic rings. The summed E-state index contributed by atoms with van der Waals surface area (Å²) in [6.07, 6.45) is -7.33. The summed E-state index contributed by atoms with van der Waals surface area (Å²) in [6, 6.07) is 1.60. The van der Waals surface area contributed by atoms with E-state index in [0.29, 0.717) is 0 Å². The molecule has 0 radical (unpaired) electrons. The standard InChI is InChI=1S/C17H15ClF4N2O5/c1-4-28-16(27)24-13(17(20,21)22)7-14(25)23(15(24)26)11-6-12(29-8(2)3)9(18)5-10(11)19/h5-8H,4H2,1-3H3. The highest BCUT2D eigenvalue weighted by Crippen LogP contribution is 2.31. The van der Waals surface area contributed by atoms with Crippen molar-refractivity contribution in [3.8, 4) is 11.4 Å². The van der Waals surface area contributed by atoms with Gasteiger partial charge >= 0.3 is 18.0 Å². The van der Waals surface area contributed by atoms with E-state index >= 15 is 0 Å². The second kappa shape index (κ2) is 8.27. The van der Waals surface area contributed by atoms with Gasteiger partial charge in [-0.25, -0.2) is 18.5 Å². The molecule has 0 atom stereocenters. The van der Waals surface area contributed by atoms with Gasteiger partial charge in [-0.05, 0) is 26.8 Å². The lowest BCUT2D eigenvalue weighted by Crippen LogP contribution is -2.45. The third-order valence-corrected chi connectivity index (χ3v) is 3.75. The van der Waals surface area contributed by atoms with Gasteiger partial charge in [0.2, 0.25) is 0 Å². The highest BCUT2D eigenvalue weighted by molar-refractivity contribution is 6.32. The average molecular weight is 439 g/mol. The van der Waals surface area contributed by atoms with Gasteiger partial charge in [0, 0.05) is 12.1 Å². The zero-order chi connectivity index (χ0) is 22.1. The Morgan fingerprint density at radius 2 is 1.83 bits per heavy atom. The molecule has 12 heteroatoms. The van der Waals surface area contributed by atoms with Crippen molar-refractivity contribution in [1.82, 2.24) is 9.13 Å². The maximum atomic E-state index is 14.4. The monoisotopic (exact) mass is 438 g/mol. The summed E-state index contributed by atoms with van der Waals surface area (Å²) in [6.45, 7) is 4.21. The van der Waals surface area contributed by atoms with Crippen LogP contribution in [0.3, 0.4) is 0 Å². The summed E-state index contributed by atoms with van der Waals surface area (Å²) in [7, 11) is 0. The number of carbonyl (C=O) groups is 1. The van der Waals surface area contributed by atoms with Gasteiger partial charge < -0.3 is 9.47 Å². The number of carbonyl (C=O) groups excluding carboxylic acids is 1. The molecule has 1 heterocycles. The zero-order valence-electron chi connectivity index (χ0n) is 15.3. The van der Waals surface area contributed by atoms with Gasteiger partial charge in [0.05, 0.1) is 23.4 Å². The Labute approximate surface area is 166 Å².